The molecule has 0 spiro atoms. The number of anilines is 1. The Hall–Kier alpha value is -2.31. The summed E-state index contributed by atoms with van der Waals surface area (Å²) in [5.74, 6) is -1.68. The van der Waals surface area contributed by atoms with Crippen molar-refractivity contribution in [3.63, 3.8) is 0 Å². The fourth-order valence-electron chi connectivity index (χ4n) is 1.47. The Kier molecular flexibility index (Phi) is 3.52. The number of aromatic amines is 1. The minimum absolute atomic E-state index is 0.126. The molecule has 0 aliphatic heterocycles. The minimum atomic E-state index is -0.730. The van der Waals surface area contributed by atoms with Crippen LogP contribution in [0.5, 0.6) is 0 Å². The van der Waals surface area contributed by atoms with Crippen molar-refractivity contribution in [2.75, 3.05) is 5.32 Å². The topological polar surface area (TPSA) is 70.7 Å². The van der Waals surface area contributed by atoms with Gasteiger partial charge in [-0.25, -0.2) is 13.8 Å². The van der Waals surface area contributed by atoms with Crippen LogP contribution in [-0.2, 0) is 5.41 Å². The number of rotatable bonds is 2. The number of carbonyl (C=O) groups excluding carboxylic acids is 1. The molecule has 5 nitrogen and oxygen atoms in total. The molecule has 0 bridgehead atoms. The lowest BCUT2D eigenvalue weighted by Gasteiger charge is -2.12. The highest BCUT2D eigenvalue weighted by Gasteiger charge is 2.21. The molecule has 0 radical (unpaired) electrons. The van der Waals surface area contributed by atoms with E-state index in [1.165, 1.54) is 0 Å². The molecule has 0 aliphatic rings. The number of halogens is 2. The van der Waals surface area contributed by atoms with E-state index in [1.54, 1.807) is 0 Å². The van der Waals surface area contributed by atoms with Crippen LogP contribution in [0.2, 0.25) is 0 Å². The summed E-state index contributed by atoms with van der Waals surface area (Å²) in [6.07, 6.45) is 0. The van der Waals surface area contributed by atoms with E-state index in [1.807, 2.05) is 20.8 Å². The van der Waals surface area contributed by atoms with Gasteiger partial charge >= 0.3 is 0 Å². The number of carbonyl (C=O) groups is 1. The molecule has 2 aromatic rings. The van der Waals surface area contributed by atoms with E-state index in [0.717, 1.165) is 18.2 Å². The predicted molar refractivity (Wildman–Crippen MR) is 69.4 cm³/mol. The first kappa shape index (κ1) is 14.1. The van der Waals surface area contributed by atoms with Crippen LogP contribution in [0.15, 0.2) is 18.2 Å². The molecule has 1 aromatic heterocycles. The summed E-state index contributed by atoms with van der Waals surface area (Å²) in [5.41, 5.74) is -0.549. The number of aromatic nitrogens is 3. The van der Waals surface area contributed by atoms with Crippen LogP contribution in [0, 0.1) is 11.6 Å². The lowest BCUT2D eigenvalue weighted by molar-refractivity contribution is 0.101. The van der Waals surface area contributed by atoms with E-state index in [9.17, 15) is 13.6 Å². The molecule has 1 amide bonds. The highest BCUT2D eigenvalue weighted by atomic mass is 19.1. The number of nitrogens with one attached hydrogen (secondary N) is 2. The SMILES string of the molecule is CC(C)(C)c1nc(C(=O)Nc2cc(F)ccc2F)n[nH]1. The van der Waals surface area contributed by atoms with Gasteiger partial charge in [0.15, 0.2) is 0 Å². The monoisotopic (exact) mass is 280 g/mol. The van der Waals surface area contributed by atoms with Gasteiger partial charge in [-0.05, 0) is 12.1 Å². The number of hydrogen-bond acceptors (Lipinski definition) is 3. The Morgan fingerprint density at radius 2 is 2.00 bits per heavy atom. The molecule has 0 unspecified atom stereocenters. The summed E-state index contributed by atoms with van der Waals surface area (Å²) in [7, 11) is 0. The van der Waals surface area contributed by atoms with E-state index >= 15 is 0 Å². The van der Waals surface area contributed by atoms with Gasteiger partial charge in [0.1, 0.15) is 17.5 Å². The Morgan fingerprint density at radius 1 is 1.30 bits per heavy atom. The zero-order chi connectivity index (χ0) is 14.9. The summed E-state index contributed by atoms with van der Waals surface area (Å²) >= 11 is 0. The van der Waals surface area contributed by atoms with E-state index in [-0.39, 0.29) is 16.9 Å². The van der Waals surface area contributed by atoms with Crippen LogP contribution in [0.3, 0.4) is 0 Å². The van der Waals surface area contributed by atoms with Crippen molar-refractivity contribution in [2.24, 2.45) is 0 Å². The van der Waals surface area contributed by atoms with Crippen LogP contribution in [-0.4, -0.2) is 21.1 Å². The third-order valence-corrected chi connectivity index (χ3v) is 2.58. The zero-order valence-electron chi connectivity index (χ0n) is 11.3. The molecule has 106 valence electrons. The van der Waals surface area contributed by atoms with Gasteiger partial charge in [-0.15, -0.1) is 5.10 Å². The van der Waals surface area contributed by atoms with Gasteiger partial charge < -0.3 is 5.32 Å². The van der Waals surface area contributed by atoms with Gasteiger partial charge in [0.25, 0.3) is 5.91 Å². The number of hydrogen-bond donors (Lipinski definition) is 2. The molecule has 2 rings (SSSR count). The van der Waals surface area contributed by atoms with E-state index < -0.39 is 17.5 Å². The highest BCUT2D eigenvalue weighted by molar-refractivity contribution is 6.01. The summed E-state index contributed by atoms with van der Waals surface area (Å²) in [4.78, 5) is 15.9. The minimum Gasteiger partial charge on any atom is -0.317 e. The van der Waals surface area contributed by atoms with Gasteiger partial charge in [-0.1, -0.05) is 20.8 Å². The maximum atomic E-state index is 13.4. The highest BCUT2D eigenvalue weighted by Crippen LogP contribution is 2.19. The van der Waals surface area contributed by atoms with Gasteiger partial charge in [0.2, 0.25) is 5.82 Å². The molecule has 0 saturated heterocycles. The normalized spacial score (nSPS) is 11.4. The maximum Gasteiger partial charge on any atom is 0.295 e. The fourth-order valence-corrected chi connectivity index (χ4v) is 1.47. The Morgan fingerprint density at radius 3 is 2.60 bits per heavy atom. The second-order valence-corrected chi connectivity index (χ2v) is 5.34. The molecule has 20 heavy (non-hydrogen) atoms. The van der Waals surface area contributed by atoms with Crippen molar-refractivity contribution in [3.8, 4) is 0 Å². The quantitative estimate of drug-likeness (QED) is 0.888. The first-order valence-electron chi connectivity index (χ1n) is 5.96. The van der Waals surface area contributed by atoms with Crippen molar-refractivity contribution >= 4 is 11.6 Å². The van der Waals surface area contributed by atoms with E-state index in [0.29, 0.717) is 5.82 Å². The fraction of sp³-hybridized carbons (Fsp3) is 0.308. The smallest absolute Gasteiger partial charge is 0.295 e. The van der Waals surface area contributed by atoms with Crippen molar-refractivity contribution in [3.05, 3.63) is 41.5 Å². The molecule has 0 fully saturated rings. The molecule has 7 heteroatoms. The molecule has 1 heterocycles. The van der Waals surface area contributed by atoms with Crippen molar-refractivity contribution in [1.82, 2.24) is 15.2 Å². The molecular weight excluding hydrogens is 266 g/mol. The average molecular weight is 280 g/mol. The summed E-state index contributed by atoms with van der Waals surface area (Å²) in [5, 5.41) is 8.65. The van der Waals surface area contributed by atoms with Crippen LogP contribution in [0.1, 0.15) is 37.2 Å². The predicted octanol–water partition coefficient (Wildman–Crippen LogP) is 2.63. The second-order valence-electron chi connectivity index (χ2n) is 5.34. The Balaban J connectivity index is 2.20. The molecule has 0 saturated carbocycles. The second kappa shape index (κ2) is 4.99. The molecule has 2 N–H and O–H groups in total. The number of amides is 1. The lowest BCUT2D eigenvalue weighted by Crippen LogP contribution is -2.16. The van der Waals surface area contributed by atoms with Gasteiger partial charge in [-0.2, -0.15) is 0 Å². The van der Waals surface area contributed by atoms with Crippen LogP contribution < -0.4 is 5.32 Å². The third-order valence-electron chi connectivity index (χ3n) is 2.58. The standard InChI is InChI=1S/C13H14F2N4O/c1-13(2,3)12-17-10(18-19-12)11(20)16-9-6-7(14)4-5-8(9)15/h4-6H,1-3H3,(H,16,20)(H,17,18,19). The van der Waals surface area contributed by atoms with E-state index in [2.05, 4.69) is 20.5 Å². The molecule has 0 aliphatic carbocycles. The first-order chi connectivity index (χ1) is 9.27. The van der Waals surface area contributed by atoms with Crippen molar-refractivity contribution in [1.29, 1.82) is 0 Å². The molecular formula is C13H14F2N4O. The van der Waals surface area contributed by atoms with Crippen molar-refractivity contribution in [2.45, 2.75) is 26.2 Å². The van der Waals surface area contributed by atoms with Gasteiger partial charge in [0, 0.05) is 11.5 Å². The zero-order valence-corrected chi connectivity index (χ0v) is 11.3. The first-order valence-corrected chi connectivity index (χ1v) is 5.96. The molecule has 0 atom stereocenters. The number of H-pyrrole nitrogens is 1. The maximum absolute atomic E-state index is 13.4. The Bertz CT molecular complexity index is 646. The average Bonchev–Trinajstić information content (AvgIpc) is 2.83. The summed E-state index contributed by atoms with van der Waals surface area (Å²) in [6.45, 7) is 5.71. The molecule has 1 aromatic carbocycles. The van der Waals surface area contributed by atoms with Crippen LogP contribution in [0.25, 0.3) is 0 Å². The van der Waals surface area contributed by atoms with Crippen molar-refractivity contribution < 1.29 is 13.6 Å². The largest absolute Gasteiger partial charge is 0.317 e. The number of nitrogens with zero attached hydrogens (tertiary/aromatic N) is 2. The van der Waals surface area contributed by atoms with Crippen LogP contribution in [0.4, 0.5) is 14.5 Å². The summed E-state index contributed by atoms with van der Waals surface area (Å²) < 4.78 is 26.4. The number of benzene rings is 1. The van der Waals surface area contributed by atoms with Crippen LogP contribution >= 0.6 is 0 Å². The third kappa shape index (κ3) is 2.98. The van der Waals surface area contributed by atoms with E-state index in [4.69, 9.17) is 0 Å². The Labute approximate surface area is 114 Å². The summed E-state index contributed by atoms with van der Waals surface area (Å²) in [6, 6.07) is 2.80. The van der Waals surface area contributed by atoms with Gasteiger partial charge in [-0.3, -0.25) is 9.89 Å². The lowest BCUT2D eigenvalue weighted by atomic mass is 9.96. The van der Waals surface area contributed by atoms with Gasteiger partial charge in [0.05, 0.1) is 5.69 Å².